The number of amides is 2. The number of nitrogens with one attached hydrogen (secondary N) is 1. The molecular formula is C19H18F3N5O2. The van der Waals surface area contributed by atoms with Crippen molar-refractivity contribution >= 4 is 17.4 Å². The molecule has 0 spiro atoms. The Morgan fingerprint density at radius 3 is 2.45 bits per heavy atom. The van der Waals surface area contributed by atoms with E-state index in [0.717, 1.165) is 17.8 Å². The molecule has 0 atom stereocenters. The van der Waals surface area contributed by atoms with Gasteiger partial charge in [-0.25, -0.2) is 18.0 Å². The molecule has 1 aliphatic heterocycles. The SMILES string of the molecule is Cn1c(C2CCN(C(=O)Nc3cc(F)c(F)c(F)c3)CC2)cc(=O)n2nccc12. The van der Waals surface area contributed by atoms with E-state index in [1.165, 1.54) is 9.42 Å². The number of anilines is 1. The average Bonchev–Trinajstić information content (AvgIpc) is 3.20. The average molecular weight is 405 g/mol. The molecule has 1 saturated heterocycles. The minimum Gasteiger partial charge on any atom is -0.333 e. The van der Waals surface area contributed by atoms with Crippen molar-refractivity contribution in [3.05, 3.63) is 64.0 Å². The van der Waals surface area contributed by atoms with E-state index in [4.69, 9.17) is 0 Å². The maximum atomic E-state index is 13.3. The summed E-state index contributed by atoms with van der Waals surface area (Å²) in [7, 11) is 1.86. The molecule has 0 radical (unpaired) electrons. The van der Waals surface area contributed by atoms with Crippen LogP contribution in [0.2, 0.25) is 0 Å². The normalized spacial score (nSPS) is 15.1. The first kappa shape index (κ1) is 19.0. The predicted octanol–water partition coefficient (Wildman–Crippen LogP) is 2.86. The Labute approximate surface area is 163 Å². The van der Waals surface area contributed by atoms with Crippen molar-refractivity contribution in [1.82, 2.24) is 19.1 Å². The van der Waals surface area contributed by atoms with Crippen LogP contribution in [0.15, 0.2) is 35.3 Å². The molecule has 0 aliphatic carbocycles. The molecule has 0 bridgehead atoms. The van der Waals surface area contributed by atoms with E-state index in [-0.39, 0.29) is 17.2 Å². The molecule has 1 fully saturated rings. The Bertz CT molecular complexity index is 1130. The van der Waals surface area contributed by atoms with Crippen LogP contribution in [0.4, 0.5) is 23.7 Å². The number of carbonyl (C=O) groups excluding carboxylic acids is 1. The van der Waals surface area contributed by atoms with Gasteiger partial charge in [-0.15, -0.1) is 0 Å². The number of fused-ring (bicyclic) bond motifs is 1. The van der Waals surface area contributed by atoms with Crippen molar-refractivity contribution in [2.24, 2.45) is 7.05 Å². The second-order valence-electron chi connectivity index (χ2n) is 7.01. The molecule has 2 aromatic heterocycles. The summed E-state index contributed by atoms with van der Waals surface area (Å²) in [5, 5.41) is 6.39. The monoisotopic (exact) mass is 405 g/mol. The summed E-state index contributed by atoms with van der Waals surface area (Å²) in [5.74, 6) is -4.23. The van der Waals surface area contributed by atoms with E-state index in [2.05, 4.69) is 10.4 Å². The van der Waals surface area contributed by atoms with Crippen LogP contribution in [-0.4, -0.2) is 38.2 Å². The number of aromatic nitrogens is 3. The number of aryl methyl sites for hydroxylation is 1. The molecule has 0 saturated carbocycles. The molecule has 0 unspecified atom stereocenters. The largest absolute Gasteiger partial charge is 0.333 e. The van der Waals surface area contributed by atoms with E-state index < -0.39 is 23.5 Å². The van der Waals surface area contributed by atoms with Crippen LogP contribution >= 0.6 is 0 Å². The number of halogens is 3. The number of hydrogen-bond donors (Lipinski definition) is 1. The third-order valence-corrected chi connectivity index (χ3v) is 5.27. The summed E-state index contributed by atoms with van der Waals surface area (Å²) < 4.78 is 42.9. The van der Waals surface area contributed by atoms with Crippen molar-refractivity contribution in [3.63, 3.8) is 0 Å². The van der Waals surface area contributed by atoms with Crippen molar-refractivity contribution in [2.75, 3.05) is 18.4 Å². The molecule has 10 heteroatoms. The smallest absolute Gasteiger partial charge is 0.321 e. The predicted molar refractivity (Wildman–Crippen MR) is 99.3 cm³/mol. The number of urea groups is 1. The fraction of sp³-hybridized carbons (Fsp3) is 0.316. The van der Waals surface area contributed by atoms with E-state index >= 15 is 0 Å². The summed E-state index contributed by atoms with van der Waals surface area (Å²) in [4.78, 5) is 26.1. The van der Waals surface area contributed by atoms with E-state index in [1.54, 1.807) is 18.3 Å². The van der Waals surface area contributed by atoms with Crippen LogP contribution in [0.25, 0.3) is 5.65 Å². The highest BCUT2D eigenvalue weighted by Crippen LogP contribution is 2.28. The maximum Gasteiger partial charge on any atom is 0.321 e. The minimum atomic E-state index is -1.58. The lowest BCUT2D eigenvalue weighted by Gasteiger charge is -2.33. The van der Waals surface area contributed by atoms with Gasteiger partial charge in [0, 0.05) is 61.7 Å². The highest BCUT2D eigenvalue weighted by molar-refractivity contribution is 5.89. The zero-order chi connectivity index (χ0) is 20.7. The Kier molecular flexibility index (Phi) is 4.77. The molecule has 7 nitrogen and oxygen atoms in total. The van der Waals surface area contributed by atoms with Gasteiger partial charge in [-0.1, -0.05) is 0 Å². The summed E-state index contributed by atoms with van der Waals surface area (Å²) >= 11 is 0. The van der Waals surface area contributed by atoms with Gasteiger partial charge in [0.1, 0.15) is 5.65 Å². The molecule has 152 valence electrons. The van der Waals surface area contributed by atoms with Crippen LogP contribution in [-0.2, 0) is 7.05 Å². The highest BCUT2D eigenvalue weighted by Gasteiger charge is 2.26. The fourth-order valence-electron chi connectivity index (χ4n) is 3.74. The van der Waals surface area contributed by atoms with Crippen LogP contribution < -0.4 is 10.9 Å². The van der Waals surface area contributed by atoms with Gasteiger partial charge in [0.2, 0.25) is 0 Å². The highest BCUT2D eigenvalue weighted by atomic mass is 19.2. The quantitative estimate of drug-likeness (QED) is 0.667. The van der Waals surface area contributed by atoms with Crippen LogP contribution in [0.1, 0.15) is 24.5 Å². The number of hydrogen-bond acceptors (Lipinski definition) is 3. The van der Waals surface area contributed by atoms with Gasteiger partial charge in [0.05, 0.1) is 6.20 Å². The Morgan fingerprint density at radius 1 is 1.14 bits per heavy atom. The molecule has 2 amide bonds. The summed E-state index contributed by atoms with van der Waals surface area (Å²) in [5.41, 5.74) is 1.19. The van der Waals surface area contributed by atoms with Gasteiger partial charge in [-0.3, -0.25) is 4.79 Å². The minimum absolute atomic E-state index is 0.0809. The second kappa shape index (κ2) is 7.26. The number of benzene rings is 1. The van der Waals surface area contributed by atoms with Crippen molar-refractivity contribution in [3.8, 4) is 0 Å². The third kappa shape index (κ3) is 3.45. The molecule has 29 heavy (non-hydrogen) atoms. The lowest BCUT2D eigenvalue weighted by Crippen LogP contribution is -2.41. The number of rotatable bonds is 2. The lowest BCUT2D eigenvalue weighted by atomic mass is 9.93. The van der Waals surface area contributed by atoms with Gasteiger partial charge in [0.25, 0.3) is 5.56 Å². The first-order chi connectivity index (χ1) is 13.8. The third-order valence-electron chi connectivity index (χ3n) is 5.27. The first-order valence-electron chi connectivity index (χ1n) is 9.09. The number of carbonyl (C=O) groups is 1. The van der Waals surface area contributed by atoms with Gasteiger partial charge < -0.3 is 14.8 Å². The Morgan fingerprint density at radius 2 is 1.79 bits per heavy atom. The zero-order valence-corrected chi connectivity index (χ0v) is 15.5. The first-order valence-corrected chi connectivity index (χ1v) is 9.09. The van der Waals surface area contributed by atoms with Crippen molar-refractivity contribution < 1.29 is 18.0 Å². The fourth-order valence-corrected chi connectivity index (χ4v) is 3.74. The molecule has 3 heterocycles. The standard InChI is InChI=1S/C19H18F3N5O2/c1-25-15(10-17(28)27-16(25)2-5-23-27)11-3-6-26(7-4-11)19(29)24-12-8-13(20)18(22)14(21)9-12/h2,5,8-11H,3-4,6-7H2,1H3,(H,24,29). The number of likely N-dealkylation sites (tertiary alicyclic amines) is 1. The van der Waals surface area contributed by atoms with Crippen LogP contribution in [0.3, 0.4) is 0 Å². The molecule has 4 rings (SSSR count). The van der Waals surface area contributed by atoms with Crippen LogP contribution in [0.5, 0.6) is 0 Å². The van der Waals surface area contributed by atoms with Gasteiger partial charge >= 0.3 is 6.03 Å². The van der Waals surface area contributed by atoms with Crippen molar-refractivity contribution in [2.45, 2.75) is 18.8 Å². The van der Waals surface area contributed by atoms with Crippen molar-refractivity contribution in [1.29, 1.82) is 0 Å². The lowest BCUT2D eigenvalue weighted by molar-refractivity contribution is 0.193. The summed E-state index contributed by atoms with van der Waals surface area (Å²) in [6, 6.07) is 4.27. The number of piperidine rings is 1. The molecule has 1 aliphatic rings. The molecule has 3 aromatic rings. The van der Waals surface area contributed by atoms with Gasteiger partial charge in [-0.2, -0.15) is 9.61 Å². The van der Waals surface area contributed by atoms with Gasteiger partial charge in [0.15, 0.2) is 17.5 Å². The topological polar surface area (TPSA) is 71.6 Å². The van der Waals surface area contributed by atoms with Crippen LogP contribution in [0, 0.1) is 17.5 Å². The maximum absolute atomic E-state index is 13.3. The second-order valence-corrected chi connectivity index (χ2v) is 7.01. The zero-order valence-electron chi connectivity index (χ0n) is 15.5. The number of nitrogens with zero attached hydrogens (tertiary/aromatic N) is 4. The molecule has 1 N–H and O–H groups in total. The molecule has 1 aromatic carbocycles. The summed E-state index contributed by atoms with van der Waals surface area (Å²) in [6.07, 6.45) is 2.81. The van der Waals surface area contributed by atoms with Gasteiger partial charge in [-0.05, 0) is 12.8 Å². The molecular weight excluding hydrogens is 387 g/mol. The Balaban J connectivity index is 1.45. The van der Waals surface area contributed by atoms with E-state index in [9.17, 15) is 22.8 Å². The van der Waals surface area contributed by atoms with E-state index in [1.807, 2.05) is 11.6 Å². The Hall–Kier alpha value is -3.30. The summed E-state index contributed by atoms with van der Waals surface area (Å²) in [6.45, 7) is 0.808. The van der Waals surface area contributed by atoms with E-state index in [0.29, 0.717) is 31.6 Å².